The average molecular weight is 428 g/mol. The molecule has 0 radical (unpaired) electrons. The second kappa shape index (κ2) is 8.16. The molecule has 1 atom stereocenters. The largest absolute Gasteiger partial charge is 0.377 e. The maximum Gasteiger partial charge on any atom is 0.253 e. The highest BCUT2D eigenvalue weighted by Crippen LogP contribution is 2.32. The molecule has 32 heavy (non-hydrogen) atoms. The molecule has 0 spiro atoms. The van der Waals surface area contributed by atoms with Crippen molar-refractivity contribution in [2.24, 2.45) is 7.05 Å². The SMILES string of the molecule is Cc1cc(-c2nc3cnc(C4=CCOCC4)cc3n2C(C)c2ccccn2)cn(C)c1=O. The van der Waals surface area contributed by atoms with Crippen molar-refractivity contribution < 1.29 is 4.74 Å². The first-order valence-electron chi connectivity index (χ1n) is 10.8. The van der Waals surface area contributed by atoms with Crippen LogP contribution in [0.5, 0.6) is 0 Å². The van der Waals surface area contributed by atoms with Gasteiger partial charge < -0.3 is 13.9 Å². The number of ether oxygens (including phenoxy) is 1. The van der Waals surface area contributed by atoms with Crippen molar-refractivity contribution in [2.45, 2.75) is 26.3 Å². The number of hydrogen-bond acceptors (Lipinski definition) is 5. The fourth-order valence-corrected chi connectivity index (χ4v) is 4.28. The zero-order valence-corrected chi connectivity index (χ0v) is 18.4. The monoisotopic (exact) mass is 427 g/mol. The quantitative estimate of drug-likeness (QED) is 0.494. The summed E-state index contributed by atoms with van der Waals surface area (Å²) < 4.78 is 9.27. The molecule has 1 unspecified atom stereocenters. The molecular formula is C25H25N5O2. The van der Waals surface area contributed by atoms with Gasteiger partial charge >= 0.3 is 0 Å². The number of nitrogens with zero attached hydrogens (tertiary/aromatic N) is 5. The van der Waals surface area contributed by atoms with Gasteiger partial charge in [-0.05, 0) is 50.1 Å². The van der Waals surface area contributed by atoms with Crippen LogP contribution in [0.2, 0.25) is 0 Å². The van der Waals surface area contributed by atoms with E-state index in [1.807, 2.05) is 43.6 Å². The summed E-state index contributed by atoms with van der Waals surface area (Å²) in [4.78, 5) is 26.5. The van der Waals surface area contributed by atoms with Gasteiger partial charge in [0, 0.05) is 30.6 Å². The normalized spacial score (nSPS) is 15.0. The molecule has 0 amide bonds. The van der Waals surface area contributed by atoms with Crippen LogP contribution in [0.15, 0.2) is 59.8 Å². The fraction of sp³-hybridized carbons (Fsp3) is 0.280. The topological polar surface area (TPSA) is 74.8 Å². The molecule has 5 heterocycles. The maximum atomic E-state index is 12.3. The van der Waals surface area contributed by atoms with Gasteiger partial charge in [0.15, 0.2) is 0 Å². The first kappa shape index (κ1) is 20.3. The third-order valence-electron chi connectivity index (χ3n) is 5.99. The van der Waals surface area contributed by atoms with Gasteiger partial charge in [-0.25, -0.2) is 4.98 Å². The number of rotatable bonds is 4. The predicted molar refractivity (Wildman–Crippen MR) is 124 cm³/mol. The summed E-state index contributed by atoms with van der Waals surface area (Å²) in [5.41, 5.74) is 6.43. The minimum Gasteiger partial charge on any atom is -0.377 e. The summed E-state index contributed by atoms with van der Waals surface area (Å²) in [6.07, 6.45) is 8.42. The minimum absolute atomic E-state index is 0.00964. The van der Waals surface area contributed by atoms with Crippen LogP contribution in [0.3, 0.4) is 0 Å². The Kier molecular flexibility index (Phi) is 5.19. The maximum absolute atomic E-state index is 12.3. The van der Waals surface area contributed by atoms with Gasteiger partial charge in [-0.15, -0.1) is 0 Å². The van der Waals surface area contributed by atoms with Gasteiger partial charge in [0.1, 0.15) is 11.3 Å². The van der Waals surface area contributed by atoms with Crippen molar-refractivity contribution in [2.75, 3.05) is 13.2 Å². The Morgan fingerprint density at radius 3 is 2.78 bits per heavy atom. The summed E-state index contributed by atoms with van der Waals surface area (Å²) in [5.74, 6) is 0.789. The van der Waals surface area contributed by atoms with Gasteiger partial charge in [0.05, 0.1) is 42.4 Å². The predicted octanol–water partition coefficient (Wildman–Crippen LogP) is 3.91. The van der Waals surface area contributed by atoms with Crippen molar-refractivity contribution in [1.82, 2.24) is 24.1 Å². The molecule has 7 nitrogen and oxygen atoms in total. The third-order valence-corrected chi connectivity index (χ3v) is 5.99. The Balaban J connectivity index is 1.76. The molecule has 0 saturated heterocycles. The zero-order valence-electron chi connectivity index (χ0n) is 18.4. The van der Waals surface area contributed by atoms with Crippen molar-refractivity contribution in [3.8, 4) is 11.4 Å². The molecule has 0 bridgehead atoms. The van der Waals surface area contributed by atoms with Crippen LogP contribution in [0.4, 0.5) is 0 Å². The second-order valence-electron chi connectivity index (χ2n) is 8.18. The Morgan fingerprint density at radius 1 is 1.19 bits per heavy atom. The van der Waals surface area contributed by atoms with Crippen molar-refractivity contribution in [3.05, 3.63) is 82.3 Å². The van der Waals surface area contributed by atoms with E-state index in [4.69, 9.17) is 9.72 Å². The molecule has 0 aromatic carbocycles. The molecular weight excluding hydrogens is 402 g/mol. The van der Waals surface area contributed by atoms with E-state index in [1.54, 1.807) is 17.8 Å². The first-order valence-corrected chi connectivity index (χ1v) is 10.8. The average Bonchev–Trinajstić information content (AvgIpc) is 3.21. The van der Waals surface area contributed by atoms with Crippen LogP contribution in [0, 0.1) is 6.92 Å². The highest BCUT2D eigenvalue weighted by molar-refractivity contribution is 5.83. The molecule has 1 aliphatic rings. The Morgan fingerprint density at radius 2 is 2.06 bits per heavy atom. The molecule has 0 saturated carbocycles. The van der Waals surface area contributed by atoms with Crippen LogP contribution in [-0.2, 0) is 11.8 Å². The van der Waals surface area contributed by atoms with E-state index >= 15 is 0 Å². The summed E-state index contributed by atoms with van der Waals surface area (Å²) in [6.45, 7) is 5.27. The zero-order chi connectivity index (χ0) is 22.2. The third kappa shape index (κ3) is 3.54. The Bertz CT molecular complexity index is 1360. The van der Waals surface area contributed by atoms with Crippen LogP contribution in [0.1, 0.15) is 36.3 Å². The van der Waals surface area contributed by atoms with Gasteiger partial charge in [-0.2, -0.15) is 0 Å². The molecule has 7 heteroatoms. The van der Waals surface area contributed by atoms with Crippen molar-refractivity contribution in [3.63, 3.8) is 0 Å². The molecule has 162 valence electrons. The number of pyridine rings is 3. The number of hydrogen-bond donors (Lipinski definition) is 0. The molecule has 0 fully saturated rings. The van der Waals surface area contributed by atoms with E-state index < -0.39 is 0 Å². The highest BCUT2D eigenvalue weighted by Gasteiger charge is 2.21. The molecule has 0 aliphatic carbocycles. The standard InChI is InChI=1S/C25H25N5O2/c1-16-12-19(15-29(3)25(16)31)24-28-22-14-27-21(18-7-10-32-11-8-18)13-23(22)30(24)17(2)20-6-4-5-9-26-20/h4-7,9,12-15,17H,8,10-11H2,1-3H3. The number of imidazole rings is 1. The van der Waals surface area contributed by atoms with Gasteiger partial charge in [-0.1, -0.05) is 12.1 Å². The van der Waals surface area contributed by atoms with Gasteiger partial charge in [-0.3, -0.25) is 14.8 Å². The highest BCUT2D eigenvalue weighted by atomic mass is 16.5. The van der Waals surface area contributed by atoms with Crippen molar-refractivity contribution in [1.29, 1.82) is 0 Å². The van der Waals surface area contributed by atoms with E-state index in [1.165, 1.54) is 5.57 Å². The lowest BCUT2D eigenvalue weighted by molar-refractivity contribution is 0.161. The minimum atomic E-state index is -0.0624. The van der Waals surface area contributed by atoms with E-state index in [0.29, 0.717) is 18.8 Å². The lowest BCUT2D eigenvalue weighted by Gasteiger charge is -2.18. The van der Waals surface area contributed by atoms with E-state index in [2.05, 4.69) is 33.6 Å². The Hall–Kier alpha value is -3.58. The van der Waals surface area contributed by atoms with Gasteiger partial charge in [0.2, 0.25) is 0 Å². The van der Waals surface area contributed by atoms with E-state index in [9.17, 15) is 4.79 Å². The molecule has 0 N–H and O–H groups in total. The second-order valence-corrected chi connectivity index (χ2v) is 8.18. The smallest absolute Gasteiger partial charge is 0.253 e. The first-order chi connectivity index (χ1) is 15.5. The van der Waals surface area contributed by atoms with E-state index in [-0.39, 0.29) is 11.6 Å². The molecule has 4 aromatic rings. The lowest BCUT2D eigenvalue weighted by atomic mass is 10.1. The summed E-state index contributed by atoms with van der Waals surface area (Å²) in [6, 6.07) is 9.88. The van der Waals surface area contributed by atoms with E-state index in [0.717, 1.165) is 40.2 Å². The van der Waals surface area contributed by atoms with Crippen LogP contribution in [-0.4, -0.2) is 37.3 Å². The lowest BCUT2D eigenvalue weighted by Crippen LogP contribution is -2.19. The summed E-state index contributed by atoms with van der Waals surface area (Å²) >= 11 is 0. The summed E-state index contributed by atoms with van der Waals surface area (Å²) in [5, 5.41) is 0. The summed E-state index contributed by atoms with van der Waals surface area (Å²) in [7, 11) is 1.77. The van der Waals surface area contributed by atoms with Crippen LogP contribution in [0.25, 0.3) is 28.0 Å². The van der Waals surface area contributed by atoms with Crippen LogP contribution < -0.4 is 5.56 Å². The van der Waals surface area contributed by atoms with Crippen molar-refractivity contribution >= 4 is 16.6 Å². The molecule has 1 aliphatic heterocycles. The van der Waals surface area contributed by atoms with Gasteiger partial charge in [0.25, 0.3) is 5.56 Å². The number of fused-ring (bicyclic) bond motifs is 1. The fourth-order valence-electron chi connectivity index (χ4n) is 4.28. The Labute approximate surface area is 186 Å². The number of aromatic nitrogens is 5. The molecule has 5 rings (SSSR count). The molecule has 4 aromatic heterocycles. The number of aryl methyl sites for hydroxylation is 2. The van der Waals surface area contributed by atoms with Crippen LogP contribution >= 0.6 is 0 Å².